The van der Waals surface area contributed by atoms with Crippen LogP contribution in [0.4, 0.5) is 0 Å². The van der Waals surface area contributed by atoms with Gasteiger partial charge in [-0.15, -0.1) is 30.6 Å². The number of hydrogen-bond donors (Lipinski definition) is 2. The van der Waals surface area contributed by atoms with E-state index in [2.05, 4.69) is 50.9 Å². The molecule has 0 radical (unpaired) electrons. The van der Waals surface area contributed by atoms with E-state index in [1.165, 1.54) is 6.20 Å². The first-order chi connectivity index (χ1) is 16.5. The number of pyridine rings is 2. The van der Waals surface area contributed by atoms with Crippen molar-refractivity contribution in [2.24, 2.45) is 0 Å². The molecule has 0 atom stereocenters. The van der Waals surface area contributed by atoms with E-state index >= 15 is 0 Å². The van der Waals surface area contributed by atoms with Crippen molar-refractivity contribution in [3.05, 3.63) is 66.5 Å². The Labute approximate surface area is 193 Å². The first-order valence-electron chi connectivity index (χ1n) is 10.0. The van der Waals surface area contributed by atoms with Crippen LogP contribution in [0.15, 0.2) is 55.0 Å². The summed E-state index contributed by atoms with van der Waals surface area (Å²) in [5.41, 5.74) is 1.78. The molecule has 0 spiro atoms. The molecule has 13 heteroatoms. The molecule has 0 aliphatic heterocycles. The molecule has 0 saturated carbocycles. The molecule has 4 rings (SSSR count). The molecule has 0 aliphatic rings. The predicted molar refractivity (Wildman–Crippen MR) is 117 cm³/mol. The van der Waals surface area contributed by atoms with Gasteiger partial charge in [0.05, 0.1) is 19.2 Å². The predicted octanol–water partition coefficient (Wildman–Crippen LogP) is 1.05. The van der Waals surface area contributed by atoms with Crippen LogP contribution < -0.4 is 5.32 Å². The zero-order valence-electron chi connectivity index (χ0n) is 18.1. The number of hydrogen-bond acceptors (Lipinski definition) is 11. The van der Waals surface area contributed by atoms with Crippen molar-refractivity contribution in [2.75, 3.05) is 0 Å². The van der Waals surface area contributed by atoms with Crippen molar-refractivity contribution in [3.63, 3.8) is 0 Å². The number of nitrogens with one attached hydrogen (secondary N) is 1. The number of carbonyl (C=O) groups is 2. The van der Waals surface area contributed by atoms with E-state index in [0.717, 1.165) is 0 Å². The van der Waals surface area contributed by atoms with E-state index < -0.39 is 5.97 Å². The van der Waals surface area contributed by atoms with E-state index in [-0.39, 0.29) is 25.3 Å². The minimum atomic E-state index is -1.01. The van der Waals surface area contributed by atoms with Gasteiger partial charge in [0.2, 0.25) is 11.7 Å². The smallest absolute Gasteiger partial charge is 0.303 e. The van der Waals surface area contributed by atoms with E-state index in [4.69, 9.17) is 5.11 Å². The fourth-order valence-electron chi connectivity index (χ4n) is 2.37. The third-order valence-corrected chi connectivity index (χ3v) is 4.01. The van der Waals surface area contributed by atoms with Crippen molar-refractivity contribution >= 4 is 11.9 Å². The van der Waals surface area contributed by atoms with Crippen LogP contribution in [0.5, 0.6) is 0 Å². The lowest BCUT2D eigenvalue weighted by atomic mass is 10.3. The topological polar surface area (TPSA) is 182 Å². The molecule has 0 aliphatic carbocycles. The Kier molecular flexibility index (Phi) is 8.61. The van der Waals surface area contributed by atoms with Crippen LogP contribution in [0.1, 0.15) is 24.4 Å². The zero-order valence-corrected chi connectivity index (χ0v) is 18.1. The summed E-state index contributed by atoms with van der Waals surface area (Å²) in [5, 5.41) is 34.2. The number of rotatable bonds is 7. The summed E-state index contributed by atoms with van der Waals surface area (Å²) in [6, 6.07) is 10.9. The van der Waals surface area contributed by atoms with Crippen LogP contribution >= 0.6 is 0 Å². The average Bonchev–Trinajstić information content (AvgIpc) is 2.88. The van der Waals surface area contributed by atoms with Crippen molar-refractivity contribution in [3.8, 4) is 23.0 Å². The minimum Gasteiger partial charge on any atom is -0.481 e. The monoisotopic (exact) mass is 460 g/mol. The largest absolute Gasteiger partial charge is 0.481 e. The fraction of sp³-hybridized carbons (Fsp3) is 0.190. The van der Waals surface area contributed by atoms with E-state index in [0.29, 0.717) is 34.6 Å². The van der Waals surface area contributed by atoms with Gasteiger partial charge in [0.1, 0.15) is 17.1 Å². The van der Waals surface area contributed by atoms with Crippen molar-refractivity contribution < 1.29 is 14.7 Å². The number of nitrogens with zero attached hydrogens (tertiary/aromatic N) is 9. The number of carbonyl (C=O) groups excluding carboxylic acids is 1. The minimum absolute atomic E-state index is 0.0673. The van der Waals surface area contributed by atoms with Crippen LogP contribution in [0.3, 0.4) is 0 Å². The van der Waals surface area contributed by atoms with Gasteiger partial charge < -0.3 is 10.4 Å². The van der Waals surface area contributed by atoms with Crippen LogP contribution in [0.2, 0.25) is 0 Å². The Hall–Kier alpha value is -4.81. The van der Waals surface area contributed by atoms with Gasteiger partial charge in [-0.05, 0) is 31.2 Å². The summed E-state index contributed by atoms with van der Waals surface area (Å²) < 4.78 is 0. The third-order valence-electron chi connectivity index (χ3n) is 4.01. The normalized spacial score (nSPS) is 10.0. The maximum absolute atomic E-state index is 11.4. The summed E-state index contributed by atoms with van der Waals surface area (Å²) >= 11 is 0. The maximum atomic E-state index is 11.4. The summed E-state index contributed by atoms with van der Waals surface area (Å²) in [6.07, 6.45) is 4.54. The Bertz CT molecular complexity index is 1190. The second-order valence-electron chi connectivity index (χ2n) is 6.64. The summed E-state index contributed by atoms with van der Waals surface area (Å²) in [4.78, 5) is 34.0. The molecule has 0 saturated heterocycles. The molecule has 13 nitrogen and oxygen atoms in total. The van der Waals surface area contributed by atoms with Gasteiger partial charge in [-0.25, -0.2) is 4.98 Å². The fourth-order valence-corrected chi connectivity index (χ4v) is 2.37. The highest BCUT2D eigenvalue weighted by atomic mass is 16.4. The Balaban J connectivity index is 0.000000212. The second kappa shape index (κ2) is 12.3. The van der Waals surface area contributed by atoms with Gasteiger partial charge in [0.15, 0.2) is 11.6 Å². The van der Waals surface area contributed by atoms with Gasteiger partial charge in [-0.1, -0.05) is 12.1 Å². The van der Waals surface area contributed by atoms with Gasteiger partial charge in [0, 0.05) is 18.8 Å². The molecule has 0 unspecified atom stereocenters. The standard InChI is InChI=1S/C13H13N5O3.C8H7N5/c19-11(4-5-12(20)21)15-7-9-8-16-13(18-17-9)10-3-1-2-6-14-10;1-6-10-12-8(13-11-6)7-4-2-3-5-9-7/h1-3,6,8H,4-5,7H2,(H,15,19)(H,20,21);2-5H,1H3. The summed E-state index contributed by atoms with van der Waals surface area (Å²) in [6.45, 7) is 1.89. The molecule has 2 N–H and O–H groups in total. The van der Waals surface area contributed by atoms with E-state index in [9.17, 15) is 9.59 Å². The molecule has 0 aromatic carbocycles. The molecule has 4 aromatic rings. The average molecular weight is 460 g/mol. The van der Waals surface area contributed by atoms with Gasteiger partial charge in [-0.3, -0.25) is 19.6 Å². The first-order valence-corrected chi connectivity index (χ1v) is 10.0. The zero-order chi connectivity index (χ0) is 24.2. The molecule has 172 valence electrons. The number of aromatic nitrogens is 9. The number of amides is 1. The van der Waals surface area contributed by atoms with Gasteiger partial charge >= 0.3 is 5.97 Å². The van der Waals surface area contributed by atoms with Crippen LogP contribution in [-0.4, -0.2) is 62.5 Å². The van der Waals surface area contributed by atoms with Crippen LogP contribution in [0, 0.1) is 6.92 Å². The quantitative estimate of drug-likeness (QED) is 0.400. The lowest BCUT2D eigenvalue weighted by molar-refractivity contribution is -0.138. The van der Waals surface area contributed by atoms with E-state index in [1.807, 2.05) is 24.3 Å². The van der Waals surface area contributed by atoms with E-state index in [1.54, 1.807) is 31.5 Å². The van der Waals surface area contributed by atoms with Crippen molar-refractivity contribution in [2.45, 2.75) is 26.3 Å². The SMILES string of the molecule is Cc1nnc(-c2ccccn2)nn1.O=C(O)CCC(=O)NCc1cnc(-c2ccccn2)nn1. The number of carboxylic acids is 1. The Morgan fingerprint density at radius 3 is 1.94 bits per heavy atom. The third kappa shape index (κ3) is 7.71. The van der Waals surface area contributed by atoms with Crippen LogP contribution in [0.25, 0.3) is 23.0 Å². The highest BCUT2D eigenvalue weighted by molar-refractivity contribution is 5.80. The summed E-state index contributed by atoms with van der Waals surface area (Å²) in [7, 11) is 0. The Morgan fingerprint density at radius 1 is 0.794 bits per heavy atom. The molecule has 1 amide bonds. The van der Waals surface area contributed by atoms with Crippen molar-refractivity contribution in [1.82, 2.24) is 50.9 Å². The number of aryl methyl sites for hydroxylation is 1. The molecular formula is C21H20N10O3. The Morgan fingerprint density at radius 2 is 1.41 bits per heavy atom. The maximum Gasteiger partial charge on any atom is 0.303 e. The molecule has 4 heterocycles. The van der Waals surface area contributed by atoms with Crippen molar-refractivity contribution in [1.29, 1.82) is 0 Å². The lowest BCUT2D eigenvalue weighted by Crippen LogP contribution is -2.24. The second-order valence-corrected chi connectivity index (χ2v) is 6.64. The highest BCUT2D eigenvalue weighted by Gasteiger charge is 2.07. The number of carboxylic acid groups (broad SMARTS) is 1. The number of aliphatic carboxylic acids is 1. The van der Waals surface area contributed by atoms with Gasteiger partial charge in [0.25, 0.3) is 0 Å². The van der Waals surface area contributed by atoms with Crippen LogP contribution in [-0.2, 0) is 16.1 Å². The first kappa shape index (κ1) is 23.8. The molecule has 34 heavy (non-hydrogen) atoms. The molecule has 4 aromatic heterocycles. The molecular weight excluding hydrogens is 440 g/mol. The molecule has 0 bridgehead atoms. The van der Waals surface area contributed by atoms with Gasteiger partial charge in [-0.2, -0.15) is 0 Å². The summed E-state index contributed by atoms with van der Waals surface area (Å²) in [5.74, 6) is 0.0433. The highest BCUT2D eigenvalue weighted by Crippen LogP contribution is 2.08. The molecule has 0 fully saturated rings. The lowest BCUT2D eigenvalue weighted by Gasteiger charge is -2.03.